The van der Waals surface area contributed by atoms with Crippen molar-refractivity contribution in [2.45, 2.75) is 61.6 Å². The van der Waals surface area contributed by atoms with E-state index in [0.29, 0.717) is 17.1 Å². The standard InChI is InChI=1S/C19H23N5OS3/c1-10-21-9-14-12-8-13(17-20-6-7-26-17)22-18-15(12)16(23-24(10)14)19(27-18)28(25)11-4-2-3-5-11/h6-7,9,11-13,15,18,22-23H,2-5,8H2,1H3. The van der Waals surface area contributed by atoms with E-state index in [1.165, 1.54) is 24.2 Å². The third-order valence-corrected chi connectivity index (χ3v) is 11.0. The Balaban J connectivity index is 1.43. The lowest BCUT2D eigenvalue weighted by molar-refractivity contribution is 0.265. The average molecular weight is 434 g/mol. The zero-order valence-corrected chi connectivity index (χ0v) is 18.1. The summed E-state index contributed by atoms with van der Waals surface area (Å²) in [5.41, 5.74) is 6.02. The molecule has 0 bridgehead atoms. The van der Waals surface area contributed by atoms with Gasteiger partial charge in [-0.05, 0) is 26.2 Å². The molecule has 2 fully saturated rings. The Kier molecular flexibility index (Phi) is 4.22. The van der Waals surface area contributed by atoms with E-state index in [2.05, 4.69) is 25.4 Å². The fourth-order valence-electron chi connectivity index (χ4n) is 5.16. The second kappa shape index (κ2) is 6.68. The number of imidazole rings is 1. The molecule has 1 saturated heterocycles. The molecule has 148 valence electrons. The zero-order chi connectivity index (χ0) is 18.8. The summed E-state index contributed by atoms with van der Waals surface area (Å²) in [5, 5.41) is 7.57. The van der Waals surface area contributed by atoms with Crippen LogP contribution in [0.25, 0.3) is 0 Å². The van der Waals surface area contributed by atoms with Crippen molar-refractivity contribution in [2.75, 3.05) is 5.43 Å². The van der Waals surface area contributed by atoms with Crippen molar-refractivity contribution in [2.24, 2.45) is 5.92 Å². The molecule has 2 aromatic heterocycles. The predicted octanol–water partition coefficient (Wildman–Crippen LogP) is 3.57. The fourth-order valence-corrected chi connectivity index (χ4v) is 9.68. The SMILES string of the molecule is Cc1ncc2n1NC1=C(S(=O)C3CCCC3)SC3NC(c4nccs4)CC2C13. The molecule has 5 atom stereocenters. The van der Waals surface area contributed by atoms with Crippen LogP contribution in [0.1, 0.15) is 60.6 Å². The minimum Gasteiger partial charge on any atom is -0.295 e. The summed E-state index contributed by atoms with van der Waals surface area (Å²) in [4.78, 5) is 9.14. The summed E-state index contributed by atoms with van der Waals surface area (Å²) in [6.45, 7) is 2.03. The summed E-state index contributed by atoms with van der Waals surface area (Å²) in [6.07, 6.45) is 9.50. The zero-order valence-electron chi connectivity index (χ0n) is 15.6. The third-order valence-electron chi connectivity index (χ3n) is 6.52. The molecular weight excluding hydrogens is 410 g/mol. The van der Waals surface area contributed by atoms with Crippen LogP contribution in [0.15, 0.2) is 27.7 Å². The van der Waals surface area contributed by atoms with Crippen LogP contribution in [-0.2, 0) is 10.8 Å². The van der Waals surface area contributed by atoms with E-state index in [0.717, 1.165) is 34.3 Å². The smallest absolute Gasteiger partial charge is 0.124 e. The van der Waals surface area contributed by atoms with Gasteiger partial charge in [0.05, 0.1) is 44.0 Å². The van der Waals surface area contributed by atoms with Gasteiger partial charge in [0.1, 0.15) is 10.8 Å². The Morgan fingerprint density at radius 3 is 2.93 bits per heavy atom. The van der Waals surface area contributed by atoms with Gasteiger partial charge in [0, 0.05) is 28.7 Å². The van der Waals surface area contributed by atoms with E-state index in [4.69, 9.17) is 0 Å². The number of aryl methyl sites for hydroxylation is 1. The molecule has 2 aromatic rings. The molecule has 6 nitrogen and oxygen atoms in total. The number of hydrogen-bond acceptors (Lipinski definition) is 7. The van der Waals surface area contributed by atoms with Crippen molar-refractivity contribution in [3.8, 4) is 0 Å². The van der Waals surface area contributed by atoms with Crippen LogP contribution in [0.4, 0.5) is 0 Å². The van der Waals surface area contributed by atoms with Gasteiger partial charge in [0.25, 0.3) is 0 Å². The Labute approximate surface area is 175 Å². The molecule has 1 aliphatic carbocycles. The van der Waals surface area contributed by atoms with Gasteiger partial charge in [-0.2, -0.15) is 0 Å². The highest BCUT2D eigenvalue weighted by Crippen LogP contribution is 2.56. The van der Waals surface area contributed by atoms with Gasteiger partial charge >= 0.3 is 0 Å². The molecule has 5 heterocycles. The van der Waals surface area contributed by atoms with Crippen LogP contribution in [0.5, 0.6) is 0 Å². The van der Waals surface area contributed by atoms with Crippen LogP contribution in [0.3, 0.4) is 0 Å². The number of thiazole rings is 1. The predicted molar refractivity (Wildman–Crippen MR) is 114 cm³/mol. The van der Waals surface area contributed by atoms with Crippen molar-refractivity contribution < 1.29 is 4.21 Å². The first-order valence-electron chi connectivity index (χ1n) is 9.99. The Bertz CT molecular complexity index is 962. The first kappa shape index (κ1) is 17.7. The van der Waals surface area contributed by atoms with Gasteiger partial charge in [0.15, 0.2) is 0 Å². The number of fused-ring (bicyclic) bond motifs is 2. The lowest BCUT2D eigenvalue weighted by atomic mass is 9.78. The number of hydrogen-bond donors (Lipinski definition) is 2. The minimum absolute atomic E-state index is 0.236. The maximum Gasteiger partial charge on any atom is 0.124 e. The summed E-state index contributed by atoms with van der Waals surface area (Å²) in [5.74, 6) is 1.65. The van der Waals surface area contributed by atoms with Gasteiger partial charge in [-0.3, -0.25) is 15.0 Å². The molecule has 5 unspecified atom stereocenters. The second-order valence-electron chi connectivity index (χ2n) is 8.08. The van der Waals surface area contributed by atoms with Crippen LogP contribution in [-0.4, -0.2) is 29.5 Å². The van der Waals surface area contributed by atoms with Crippen LogP contribution >= 0.6 is 23.1 Å². The fraction of sp³-hybridized carbons (Fsp3) is 0.579. The Morgan fingerprint density at radius 2 is 2.14 bits per heavy atom. The van der Waals surface area contributed by atoms with Gasteiger partial charge in [-0.25, -0.2) is 14.6 Å². The van der Waals surface area contributed by atoms with Crippen molar-refractivity contribution in [3.05, 3.63) is 44.2 Å². The normalized spacial score (nSPS) is 32.9. The molecule has 0 amide bonds. The van der Waals surface area contributed by atoms with Crippen LogP contribution in [0, 0.1) is 12.8 Å². The summed E-state index contributed by atoms with van der Waals surface area (Å²) < 4.78 is 16.7. The molecule has 0 spiro atoms. The van der Waals surface area contributed by atoms with Crippen LogP contribution in [0.2, 0.25) is 0 Å². The van der Waals surface area contributed by atoms with Gasteiger partial charge < -0.3 is 0 Å². The minimum atomic E-state index is -0.924. The molecule has 0 radical (unpaired) electrons. The molecular formula is C19H23N5OS3. The van der Waals surface area contributed by atoms with Gasteiger partial charge in [-0.15, -0.1) is 11.3 Å². The molecule has 28 heavy (non-hydrogen) atoms. The van der Waals surface area contributed by atoms with Crippen molar-refractivity contribution in [3.63, 3.8) is 0 Å². The number of nitrogens with one attached hydrogen (secondary N) is 2. The van der Waals surface area contributed by atoms with Crippen molar-refractivity contribution in [1.29, 1.82) is 0 Å². The Morgan fingerprint density at radius 1 is 1.29 bits per heavy atom. The summed E-state index contributed by atoms with van der Waals surface area (Å²) in [7, 11) is -0.924. The lowest BCUT2D eigenvalue weighted by Gasteiger charge is -2.42. The topological polar surface area (TPSA) is 71.8 Å². The highest BCUT2D eigenvalue weighted by Gasteiger charge is 2.52. The van der Waals surface area contributed by atoms with Gasteiger partial charge in [0.2, 0.25) is 0 Å². The van der Waals surface area contributed by atoms with Gasteiger partial charge in [-0.1, -0.05) is 24.6 Å². The van der Waals surface area contributed by atoms with Crippen molar-refractivity contribution >= 4 is 33.9 Å². The Hall–Kier alpha value is -1.16. The van der Waals surface area contributed by atoms with E-state index in [1.807, 2.05) is 24.7 Å². The highest BCUT2D eigenvalue weighted by molar-refractivity contribution is 8.17. The first-order valence-corrected chi connectivity index (χ1v) is 13.0. The molecule has 4 aliphatic rings. The average Bonchev–Trinajstić information content (AvgIpc) is 3.50. The molecule has 6 rings (SSSR count). The van der Waals surface area contributed by atoms with Crippen LogP contribution < -0.4 is 10.7 Å². The summed E-state index contributed by atoms with van der Waals surface area (Å²) in [6, 6.07) is 0.237. The van der Waals surface area contributed by atoms with E-state index in [1.54, 1.807) is 23.1 Å². The van der Waals surface area contributed by atoms with E-state index < -0.39 is 10.8 Å². The number of thioether (sulfide) groups is 1. The maximum absolute atomic E-state index is 13.5. The third kappa shape index (κ3) is 2.59. The number of aromatic nitrogens is 3. The lowest BCUT2D eigenvalue weighted by Crippen LogP contribution is -2.48. The van der Waals surface area contributed by atoms with E-state index >= 15 is 0 Å². The number of nitrogens with zero attached hydrogens (tertiary/aromatic N) is 3. The molecule has 3 aliphatic heterocycles. The maximum atomic E-state index is 13.5. The second-order valence-corrected chi connectivity index (χ2v) is 12.1. The number of piperidine rings is 1. The highest BCUT2D eigenvalue weighted by atomic mass is 32.2. The molecule has 0 aromatic carbocycles. The first-order chi connectivity index (χ1) is 13.7. The monoisotopic (exact) mass is 433 g/mol. The largest absolute Gasteiger partial charge is 0.295 e. The van der Waals surface area contributed by atoms with E-state index in [9.17, 15) is 4.21 Å². The molecule has 1 saturated carbocycles. The molecule has 9 heteroatoms. The number of rotatable bonds is 3. The summed E-state index contributed by atoms with van der Waals surface area (Å²) >= 11 is 3.51. The van der Waals surface area contributed by atoms with E-state index in [-0.39, 0.29) is 11.4 Å². The molecule has 2 N–H and O–H groups in total. The van der Waals surface area contributed by atoms with Crippen molar-refractivity contribution in [1.82, 2.24) is 20.0 Å². The quantitative estimate of drug-likeness (QED) is 0.771.